The fraction of sp³-hybridized carbons (Fsp3) is 0.176. The number of nitrogens with one attached hydrogen (secondary N) is 2. The highest BCUT2D eigenvalue weighted by Crippen LogP contribution is 2.29. The Bertz CT molecular complexity index is 982. The molecule has 2 rings (SSSR count). The monoisotopic (exact) mass is 411 g/mol. The van der Waals surface area contributed by atoms with Crippen LogP contribution in [0.5, 0.6) is 0 Å². The maximum Gasteiger partial charge on any atom is 0.257 e. The zero-order valence-corrected chi connectivity index (χ0v) is 16.2. The molecule has 0 unspecified atom stereocenters. The largest absolute Gasteiger partial charge is 0.322 e. The van der Waals surface area contributed by atoms with E-state index in [4.69, 9.17) is 28.5 Å². The summed E-state index contributed by atoms with van der Waals surface area (Å²) >= 11 is 12.1. The van der Waals surface area contributed by atoms with Gasteiger partial charge in [0.15, 0.2) is 0 Å². The van der Waals surface area contributed by atoms with Crippen molar-refractivity contribution >= 4 is 44.8 Å². The van der Waals surface area contributed by atoms with Crippen molar-refractivity contribution in [2.75, 3.05) is 5.32 Å². The first-order valence-electron chi connectivity index (χ1n) is 7.47. The number of anilines is 1. The Morgan fingerprint density at radius 3 is 2.27 bits per heavy atom. The predicted molar refractivity (Wildman–Crippen MR) is 101 cm³/mol. The quantitative estimate of drug-likeness (QED) is 0.780. The first-order valence-corrected chi connectivity index (χ1v) is 9.71. The minimum Gasteiger partial charge on any atom is -0.322 e. The van der Waals surface area contributed by atoms with Crippen LogP contribution in [0.1, 0.15) is 29.8 Å². The first kappa shape index (κ1) is 20.2. The lowest BCUT2D eigenvalue weighted by molar-refractivity contribution is 0.102. The highest BCUT2D eigenvalue weighted by molar-refractivity contribution is 7.89. The van der Waals surface area contributed by atoms with Crippen molar-refractivity contribution < 1.29 is 13.2 Å². The van der Waals surface area contributed by atoms with Gasteiger partial charge in [-0.05, 0) is 50.2 Å². The summed E-state index contributed by atoms with van der Waals surface area (Å²) in [6, 6.07) is 10.2. The van der Waals surface area contributed by atoms with Crippen LogP contribution in [-0.2, 0) is 10.0 Å². The van der Waals surface area contributed by atoms with E-state index in [9.17, 15) is 13.2 Å². The minimum atomic E-state index is -3.90. The second-order valence-electron chi connectivity index (χ2n) is 5.68. The van der Waals surface area contributed by atoms with Gasteiger partial charge in [-0.3, -0.25) is 4.79 Å². The van der Waals surface area contributed by atoms with Gasteiger partial charge >= 0.3 is 0 Å². The number of sulfonamides is 1. The van der Waals surface area contributed by atoms with Crippen LogP contribution in [0.2, 0.25) is 10.0 Å². The Labute approximate surface area is 161 Å². The van der Waals surface area contributed by atoms with Gasteiger partial charge < -0.3 is 5.32 Å². The number of hydrogen-bond acceptors (Lipinski definition) is 4. The Morgan fingerprint density at radius 2 is 1.73 bits per heavy atom. The van der Waals surface area contributed by atoms with E-state index in [1.807, 2.05) is 6.07 Å². The molecule has 0 fully saturated rings. The van der Waals surface area contributed by atoms with Crippen molar-refractivity contribution in [2.45, 2.75) is 24.8 Å². The fourth-order valence-corrected chi connectivity index (χ4v) is 4.22. The third-order valence-corrected chi connectivity index (χ3v) is 5.65. The molecular formula is C17H15Cl2N3O3S. The van der Waals surface area contributed by atoms with E-state index < -0.39 is 15.9 Å². The molecule has 136 valence electrons. The third-order valence-electron chi connectivity index (χ3n) is 3.22. The van der Waals surface area contributed by atoms with Crippen molar-refractivity contribution in [1.29, 1.82) is 5.26 Å². The zero-order chi connectivity index (χ0) is 19.5. The number of hydrogen-bond donors (Lipinski definition) is 2. The highest BCUT2D eigenvalue weighted by atomic mass is 35.5. The van der Waals surface area contributed by atoms with Gasteiger partial charge in [-0.2, -0.15) is 5.26 Å². The maximum atomic E-state index is 12.5. The van der Waals surface area contributed by atoms with E-state index >= 15 is 0 Å². The van der Waals surface area contributed by atoms with E-state index in [1.54, 1.807) is 38.1 Å². The molecule has 26 heavy (non-hydrogen) atoms. The highest BCUT2D eigenvalue weighted by Gasteiger charge is 2.23. The lowest BCUT2D eigenvalue weighted by Gasteiger charge is -2.13. The van der Waals surface area contributed by atoms with Crippen LogP contribution in [0, 0.1) is 11.3 Å². The van der Waals surface area contributed by atoms with Crippen LogP contribution in [0.25, 0.3) is 0 Å². The number of nitrogens with zero attached hydrogens (tertiary/aromatic N) is 1. The fourth-order valence-electron chi connectivity index (χ4n) is 2.11. The van der Waals surface area contributed by atoms with Gasteiger partial charge in [-0.1, -0.05) is 23.2 Å². The first-order chi connectivity index (χ1) is 12.1. The average molecular weight is 412 g/mol. The number of carbonyl (C=O) groups excluding carboxylic acids is 1. The molecule has 0 heterocycles. The molecule has 0 atom stereocenters. The lowest BCUT2D eigenvalue weighted by atomic mass is 10.2. The Balaban J connectivity index is 2.38. The van der Waals surface area contributed by atoms with Crippen LogP contribution in [-0.4, -0.2) is 20.4 Å². The van der Waals surface area contributed by atoms with E-state index in [0.29, 0.717) is 11.3 Å². The van der Waals surface area contributed by atoms with Crippen molar-refractivity contribution in [3.63, 3.8) is 0 Å². The number of halogens is 2. The Kier molecular flexibility index (Phi) is 6.26. The average Bonchev–Trinajstić information content (AvgIpc) is 2.54. The molecule has 2 aromatic rings. The van der Waals surface area contributed by atoms with Gasteiger partial charge in [-0.25, -0.2) is 13.1 Å². The van der Waals surface area contributed by atoms with Gasteiger partial charge in [0, 0.05) is 11.7 Å². The van der Waals surface area contributed by atoms with Crippen molar-refractivity contribution in [1.82, 2.24) is 4.72 Å². The molecule has 2 aromatic carbocycles. The van der Waals surface area contributed by atoms with Gasteiger partial charge in [0.25, 0.3) is 5.91 Å². The van der Waals surface area contributed by atoms with Crippen LogP contribution in [0.4, 0.5) is 5.69 Å². The molecule has 9 heteroatoms. The van der Waals surface area contributed by atoms with Gasteiger partial charge in [-0.15, -0.1) is 0 Å². The summed E-state index contributed by atoms with van der Waals surface area (Å²) < 4.78 is 27.2. The smallest absolute Gasteiger partial charge is 0.257 e. The molecule has 0 aliphatic rings. The molecule has 0 spiro atoms. The molecule has 0 aliphatic heterocycles. The van der Waals surface area contributed by atoms with Crippen molar-refractivity contribution in [3.8, 4) is 6.07 Å². The molecule has 0 saturated heterocycles. The summed E-state index contributed by atoms with van der Waals surface area (Å²) in [5.74, 6) is -0.600. The third kappa shape index (κ3) is 4.74. The predicted octanol–water partition coefficient (Wildman–Crippen LogP) is 3.80. The standard InChI is InChI=1S/C17H15Cl2N3O3S/c1-10(2)22-26(24,25)16-7-13(14(18)8-15(16)19)17(23)21-12-5-3-11(9-20)4-6-12/h3-8,10,22H,1-2H3,(H,21,23). The van der Waals surface area contributed by atoms with Crippen molar-refractivity contribution in [2.24, 2.45) is 0 Å². The van der Waals surface area contributed by atoms with Crippen LogP contribution < -0.4 is 10.0 Å². The molecule has 0 bridgehead atoms. The second-order valence-corrected chi connectivity index (χ2v) is 8.18. The maximum absolute atomic E-state index is 12.5. The molecular weight excluding hydrogens is 397 g/mol. The van der Waals surface area contributed by atoms with Crippen molar-refractivity contribution in [3.05, 3.63) is 57.6 Å². The zero-order valence-electron chi connectivity index (χ0n) is 13.9. The second kappa shape index (κ2) is 8.06. The summed E-state index contributed by atoms with van der Waals surface area (Å²) in [5.41, 5.74) is 0.843. The molecule has 2 N–H and O–H groups in total. The van der Waals surface area contributed by atoms with E-state index in [0.717, 1.165) is 6.07 Å². The molecule has 0 aromatic heterocycles. The topological polar surface area (TPSA) is 99.1 Å². The molecule has 1 amide bonds. The summed E-state index contributed by atoms with van der Waals surface area (Å²) in [6.45, 7) is 3.33. The van der Waals surface area contributed by atoms with E-state index in [1.165, 1.54) is 6.07 Å². The van der Waals surface area contributed by atoms with Gasteiger partial charge in [0.2, 0.25) is 10.0 Å². The number of rotatable bonds is 5. The molecule has 0 radical (unpaired) electrons. The van der Waals surface area contributed by atoms with Crippen LogP contribution >= 0.6 is 23.2 Å². The summed E-state index contributed by atoms with van der Waals surface area (Å²) in [4.78, 5) is 12.2. The molecule has 6 nitrogen and oxygen atoms in total. The summed E-state index contributed by atoms with van der Waals surface area (Å²) in [6.07, 6.45) is 0. The van der Waals surface area contributed by atoms with E-state index in [2.05, 4.69) is 10.0 Å². The van der Waals surface area contributed by atoms with Crippen LogP contribution in [0.3, 0.4) is 0 Å². The number of benzene rings is 2. The number of nitriles is 1. The van der Waals surface area contributed by atoms with Gasteiger partial charge in [0.1, 0.15) is 4.90 Å². The number of carbonyl (C=O) groups is 1. The number of amides is 1. The minimum absolute atomic E-state index is 0.0182. The van der Waals surface area contributed by atoms with E-state index in [-0.39, 0.29) is 26.5 Å². The van der Waals surface area contributed by atoms with Crippen LogP contribution in [0.15, 0.2) is 41.3 Å². The summed E-state index contributed by atoms with van der Waals surface area (Å²) in [7, 11) is -3.90. The summed E-state index contributed by atoms with van der Waals surface area (Å²) in [5, 5.41) is 11.3. The lowest BCUT2D eigenvalue weighted by Crippen LogP contribution is -2.30. The van der Waals surface area contributed by atoms with Gasteiger partial charge in [0.05, 0.1) is 27.2 Å². The Hall–Kier alpha value is -2.11. The molecule has 0 aliphatic carbocycles. The normalized spacial score (nSPS) is 11.2. The molecule has 0 saturated carbocycles. The SMILES string of the molecule is CC(C)NS(=O)(=O)c1cc(C(=O)Nc2ccc(C#N)cc2)c(Cl)cc1Cl. The Morgan fingerprint density at radius 1 is 1.12 bits per heavy atom.